The minimum Gasteiger partial charge on any atom is -0.481 e. The Balaban J connectivity index is 2.85. The van der Waals surface area contributed by atoms with Crippen molar-refractivity contribution in [2.24, 2.45) is 0 Å². The van der Waals surface area contributed by atoms with Gasteiger partial charge in [-0.05, 0) is 40.5 Å². The van der Waals surface area contributed by atoms with Crippen LogP contribution in [0.4, 0.5) is 0 Å². The van der Waals surface area contributed by atoms with E-state index >= 15 is 0 Å². The summed E-state index contributed by atoms with van der Waals surface area (Å²) in [5, 5.41) is 9.02. The maximum Gasteiger partial charge on any atom is 0.310 e. The zero-order valence-electron chi connectivity index (χ0n) is 11.8. The van der Waals surface area contributed by atoms with Crippen LogP contribution >= 0.6 is 15.9 Å². The highest BCUT2D eigenvalue weighted by atomic mass is 79.9. The molecule has 7 heteroatoms. The van der Waals surface area contributed by atoms with Gasteiger partial charge in [0.1, 0.15) is 5.75 Å². The van der Waals surface area contributed by atoms with E-state index in [0.717, 1.165) is 0 Å². The molecule has 0 amide bonds. The molecule has 0 heterocycles. The zero-order chi connectivity index (χ0) is 15.8. The Kier molecular flexibility index (Phi) is 7.35. The van der Waals surface area contributed by atoms with Crippen LogP contribution in [0.1, 0.15) is 28.8 Å². The molecule has 6 nitrogen and oxygen atoms in total. The third-order valence-corrected chi connectivity index (χ3v) is 3.40. The number of carbonyl (C=O) groups excluding carboxylic acids is 1. The number of hydrogen-bond acceptors (Lipinski definition) is 5. The van der Waals surface area contributed by atoms with E-state index in [2.05, 4.69) is 15.9 Å². The Hall–Kier alpha value is -1.44. The molecule has 0 bridgehead atoms. The molecule has 116 valence electrons. The lowest BCUT2D eigenvalue weighted by Crippen LogP contribution is -2.11. The van der Waals surface area contributed by atoms with Crippen molar-refractivity contribution in [1.82, 2.24) is 0 Å². The SMILES string of the molecule is COCCOCOc1c(Br)cc(C(C)C(=O)O)cc1C=O. The topological polar surface area (TPSA) is 82.1 Å². The first kappa shape index (κ1) is 17.6. The lowest BCUT2D eigenvalue weighted by Gasteiger charge is -2.14. The largest absolute Gasteiger partial charge is 0.481 e. The van der Waals surface area contributed by atoms with E-state index in [9.17, 15) is 9.59 Å². The molecule has 0 saturated carbocycles. The van der Waals surface area contributed by atoms with Gasteiger partial charge in [-0.15, -0.1) is 0 Å². The van der Waals surface area contributed by atoms with Gasteiger partial charge in [-0.1, -0.05) is 0 Å². The van der Waals surface area contributed by atoms with Crippen molar-refractivity contribution in [2.45, 2.75) is 12.8 Å². The molecule has 0 spiro atoms. The number of carboxylic acids is 1. The maximum absolute atomic E-state index is 11.2. The second-order valence-corrected chi connectivity index (χ2v) is 5.12. The lowest BCUT2D eigenvalue weighted by molar-refractivity contribution is -0.138. The fourth-order valence-corrected chi connectivity index (χ4v) is 2.18. The maximum atomic E-state index is 11.2. The molecule has 0 aliphatic carbocycles. The average molecular weight is 361 g/mol. The molecule has 0 fully saturated rings. The summed E-state index contributed by atoms with van der Waals surface area (Å²) in [7, 11) is 1.56. The summed E-state index contributed by atoms with van der Waals surface area (Å²) in [5.74, 6) is -1.36. The Morgan fingerprint density at radius 3 is 2.71 bits per heavy atom. The highest BCUT2D eigenvalue weighted by Crippen LogP contribution is 2.32. The number of carboxylic acid groups (broad SMARTS) is 1. The molecule has 0 saturated heterocycles. The van der Waals surface area contributed by atoms with Gasteiger partial charge in [0.05, 0.1) is 29.2 Å². The predicted octanol–water partition coefficient (Wildman–Crippen LogP) is 2.45. The van der Waals surface area contributed by atoms with Gasteiger partial charge < -0.3 is 19.3 Å². The van der Waals surface area contributed by atoms with Gasteiger partial charge >= 0.3 is 5.97 Å². The van der Waals surface area contributed by atoms with E-state index in [1.165, 1.54) is 6.07 Å². The summed E-state index contributed by atoms with van der Waals surface area (Å²) in [4.78, 5) is 22.2. The van der Waals surface area contributed by atoms with Crippen LogP contribution in [0.15, 0.2) is 16.6 Å². The summed E-state index contributed by atoms with van der Waals surface area (Å²) in [5.41, 5.74) is 0.784. The molecule has 0 aliphatic heterocycles. The quantitative estimate of drug-likeness (QED) is 0.413. The van der Waals surface area contributed by atoms with E-state index in [4.69, 9.17) is 19.3 Å². The van der Waals surface area contributed by atoms with Crippen molar-refractivity contribution >= 4 is 28.2 Å². The van der Waals surface area contributed by atoms with E-state index in [1.807, 2.05) is 0 Å². The van der Waals surface area contributed by atoms with Crippen molar-refractivity contribution in [3.05, 3.63) is 27.7 Å². The van der Waals surface area contributed by atoms with E-state index in [-0.39, 0.29) is 12.4 Å². The number of ether oxygens (including phenoxy) is 3. The predicted molar refractivity (Wildman–Crippen MR) is 78.9 cm³/mol. The fraction of sp³-hybridized carbons (Fsp3) is 0.429. The van der Waals surface area contributed by atoms with Crippen LogP contribution in [0.2, 0.25) is 0 Å². The van der Waals surface area contributed by atoms with Crippen molar-refractivity contribution < 1.29 is 28.9 Å². The summed E-state index contributed by atoms with van der Waals surface area (Å²) in [6.45, 7) is 2.34. The van der Waals surface area contributed by atoms with Gasteiger partial charge in [-0.25, -0.2) is 0 Å². The molecule has 0 aromatic heterocycles. The molecule has 1 atom stereocenters. The first-order valence-corrected chi connectivity index (χ1v) is 7.01. The van der Waals surface area contributed by atoms with Crippen LogP contribution in [0.3, 0.4) is 0 Å². The molecular formula is C14H17BrO6. The van der Waals surface area contributed by atoms with Gasteiger partial charge in [0, 0.05) is 7.11 Å². The lowest BCUT2D eigenvalue weighted by atomic mass is 9.99. The molecule has 21 heavy (non-hydrogen) atoms. The van der Waals surface area contributed by atoms with E-state index in [1.54, 1.807) is 20.1 Å². The Labute approximate surface area is 131 Å². The van der Waals surface area contributed by atoms with Gasteiger partial charge in [0.15, 0.2) is 13.1 Å². The Morgan fingerprint density at radius 1 is 1.43 bits per heavy atom. The number of aliphatic carboxylic acids is 1. The number of rotatable bonds is 9. The number of methoxy groups -OCH3 is 1. The van der Waals surface area contributed by atoms with Gasteiger partial charge in [-0.2, -0.15) is 0 Å². The van der Waals surface area contributed by atoms with Gasteiger partial charge in [-0.3, -0.25) is 9.59 Å². The first-order valence-electron chi connectivity index (χ1n) is 6.22. The summed E-state index contributed by atoms with van der Waals surface area (Å²) < 4.78 is 15.9. The minimum atomic E-state index is -0.963. The molecule has 0 radical (unpaired) electrons. The molecule has 1 aromatic carbocycles. The zero-order valence-corrected chi connectivity index (χ0v) is 13.4. The minimum absolute atomic E-state index is 0.0311. The summed E-state index contributed by atoms with van der Waals surface area (Å²) in [6, 6.07) is 3.12. The monoisotopic (exact) mass is 360 g/mol. The van der Waals surface area contributed by atoms with Crippen molar-refractivity contribution in [3.8, 4) is 5.75 Å². The number of halogens is 1. The Bertz CT molecular complexity index is 502. The van der Waals surface area contributed by atoms with Crippen molar-refractivity contribution in [3.63, 3.8) is 0 Å². The smallest absolute Gasteiger partial charge is 0.310 e. The molecule has 1 unspecified atom stereocenters. The van der Waals surface area contributed by atoms with Crippen LogP contribution in [0.5, 0.6) is 5.75 Å². The summed E-state index contributed by atoms with van der Waals surface area (Å²) in [6.07, 6.45) is 0.618. The first-order chi connectivity index (χ1) is 10.0. The second kappa shape index (κ2) is 8.76. The number of hydrogen-bond donors (Lipinski definition) is 1. The number of carbonyl (C=O) groups is 2. The van der Waals surface area contributed by atoms with Crippen molar-refractivity contribution in [1.29, 1.82) is 0 Å². The van der Waals surface area contributed by atoms with E-state index < -0.39 is 11.9 Å². The van der Waals surface area contributed by atoms with Gasteiger partial charge in [0.2, 0.25) is 0 Å². The molecular weight excluding hydrogens is 344 g/mol. The molecule has 0 aliphatic rings. The van der Waals surface area contributed by atoms with Crippen LogP contribution in [0, 0.1) is 0 Å². The summed E-state index contributed by atoms with van der Waals surface area (Å²) >= 11 is 3.28. The fourth-order valence-electron chi connectivity index (χ4n) is 1.57. The second-order valence-electron chi connectivity index (χ2n) is 4.26. The highest BCUT2D eigenvalue weighted by molar-refractivity contribution is 9.10. The van der Waals surface area contributed by atoms with Crippen LogP contribution in [0.25, 0.3) is 0 Å². The van der Waals surface area contributed by atoms with Crippen molar-refractivity contribution in [2.75, 3.05) is 27.1 Å². The Morgan fingerprint density at radius 2 is 2.14 bits per heavy atom. The van der Waals surface area contributed by atoms with Gasteiger partial charge in [0.25, 0.3) is 0 Å². The molecule has 1 aromatic rings. The van der Waals surface area contributed by atoms with Crippen LogP contribution in [-0.4, -0.2) is 44.5 Å². The normalized spacial score (nSPS) is 12.0. The number of aldehydes is 1. The average Bonchev–Trinajstić information content (AvgIpc) is 2.46. The highest BCUT2D eigenvalue weighted by Gasteiger charge is 2.18. The van der Waals surface area contributed by atoms with E-state index in [0.29, 0.717) is 35.3 Å². The molecule has 1 rings (SSSR count). The van der Waals surface area contributed by atoms with Crippen LogP contribution in [-0.2, 0) is 14.3 Å². The van der Waals surface area contributed by atoms with Crippen LogP contribution < -0.4 is 4.74 Å². The number of benzene rings is 1. The molecule has 1 N–H and O–H groups in total. The third kappa shape index (κ3) is 5.11. The third-order valence-electron chi connectivity index (χ3n) is 2.81. The standard InChI is InChI=1S/C14H17BrO6/c1-9(14(17)18)10-5-11(7-16)13(12(15)6-10)21-8-20-4-3-19-2/h5-7,9H,3-4,8H2,1-2H3,(H,17,18).